The molecule has 0 fully saturated rings. The van der Waals surface area contributed by atoms with Gasteiger partial charge in [-0.2, -0.15) is 0 Å². The SMILES string of the molecule is CN(Cc1ccc(Cl)cc1)CC(C)(CO)CO. The fourth-order valence-electron chi connectivity index (χ4n) is 1.76. The van der Waals surface area contributed by atoms with Gasteiger partial charge in [0.25, 0.3) is 0 Å². The number of nitrogens with zero attached hydrogens (tertiary/aromatic N) is 1. The van der Waals surface area contributed by atoms with E-state index >= 15 is 0 Å². The van der Waals surface area contributed by atoms with Crippen LogP contribution < -0.4 is 0 Å². The van der Waals surface area contributed by atoms with Crippen LogP contribution in [-0.4, -0.2) is 41.9 Å². The molecule has 0 amide bonds. The van der Waals surface area contributed by atoms with Gasteiger partial charge in [-0.25, -0.2) is 0 Å². The van der Waals surface area contributed by atoms with Gasteiger partial charge in [-0.05, 0) is 24.7 Å². The van der Waals surface area contributed by atoms with Crippen molar-refractivity contribution < 1.29 is 10.2 Å². The van der Waals surface area contributed by atoms with Crippen LogP contribution in [0.2, 0.25) is 5.02 Å². The molecular formula is C13H20ClNO2. The normalized spacial score (nSPS) is 12.1. The molecule has 0 aliphatic carbocycles. The van der Waals surface area contributed by atoms with Gasteiger partial charge < -0.3 is 15.1 Å². The highest BCUT2D eigenvalue weighted by Gasteiger charge is 2.24. The van der Waals surface area contributed by atoms with Crippen LogP contribution in [0.15, 0.2) is 24.3 Å². The Morgan fingerprint density at radius 1 is 1.18 bits per heavy atom. The molecule has 1 aromatic rings. The number of halogens is 1. The minimum atomic E-state index is -0.457. The van der Waals surface area contributed by atoms with Crippen LogP contribution >= 0.6 is 11.6 Å². The lowest BCUT2D eigenvalue weighted by Crippen LogP contribution is -2.38. The predicted molar refractivity (Wildman–Crippen MR) is 70.1 cm³/mol. The molecule has 0 bridgehead atoms. The van der Waals surface area contributed by atoms with E-state index in [1.54, 1.807) is 0 Å². The van der Waals surface area contributed by atoms with Crippen LogP contribution in [0.4, 0.5) is 0 Å². The fraction of sp³-hybridized carbons (Fsp3) is 0.538. The molecule has 17 heavy (non-hydrogen) atoms. The van der Waals surface area contributed by atoms with E-state index in [2.05, 4.69) is 4.90 Å². The largest absolute Gasteiger partial charge is 0.396 e. The fourth-order valence-corrected chi connectivity index (χ4v) is 1.89. The number of hydrogen-bond donors (Lipinski definition) is 2. The summed E-state index contributed by atoms with van der Waals surface area (Å²) >= 11 is 5.82. The number of benzene rings is 1. The Kier molecular flexibility index (Phi) is 5.40. The van der Waals surface area contributed by atoms with Crippen LogP contribution in [0.5, 0.6) is 0 Å². The molecule has 1 rings (SSSR count). The molecule has 0 aliphatic heterocycles. The van der Waals surface area contributed by atoms with Gasteiger partial charge in [0.05, 0.1) is 13.2 Å². The van der Waals surface area contributed by atoms with E-state index in [1.165, 1.54) is 0 Å². The zero-order valence-corrected chi connectivity index (χ0v) is 11.1. The highest BCUT2D eigenvalue weighted by Crippen LogP contribution is 2.17. The first-order valence-corrected chi connectivity index (χ1v) is 6.01. The van der Waals surface area contributed by atoms with Gasteiger partial charge in [-0.3, -0.25) is 0 Å². The van der Waals surface area contributed by atoms with Crippen molar-refractivity contribution in [2.45, 2.75) is 13.5 Å². The predicted octanol–water partition coefficient (Wildman–Crippen LogP) is 1.76. The summed E-state index contributed by atoms with van der Waals surface area (Å²) in [5.74, 6) is 0. The number of aliphatic hydroxyl groups is 2. The summed E-state index contributed by atoms with van der Waals surface area (Å²) in [5.41, 5.74) is 0.705. The Bertz CT molecular complexity index is 336. The number of rotatable bonds is 6. The van der Waals surface area contributed by atoms with E-state index in [1.807, 2.05) is 38.2 Å². The van der Waals surface area contributed by atoms with Crippen LogP contribution in [0.3, 0.4) is 0 Å². The molecule has 0 spiro atoms. The zero-order chi connectivity index (χ0) is 12.9. The molecule has 0 radical (unpaired) electrons. The molecular weight excluding hydrogens is 238 g/mol. The summed E-state index contributed by atoms with van der Waals surface area (Å²) < 4.78 is 0. The Balaban J connectivity index is 2.54. The first kappa shape index (κ1) is 14.5. The molecule has 0 heterocycles. The van der Waals surface area contributed by atoms with Gasteiger partial charge in [-0.1, -0.05) is 30.7 Å². The number of aliphatic hydroxyl groups excluding tert-OH is 2. The second kappa shape index (κ2) is 6.36. The Hall–Kier alpha value is -0.610. The third kappa shape index (κ3) is 4.64. The monoisotopic (exact) mass is 257 g/mol. The van der Waals surface area contributed by atoms with Crippen molar-refractivity contribution in [3.05, 3.63) is 34.9 Å². The van der Waals surface area contributed by atoms with Crippen LogP contribution in [0.25, 0.3) is 0 Å². The van der Waals surface area contributed by atoms with E-state index in [0.717, 1.165) is 17.1 Å². The molecule has 2 N–H and O–H groups in total. The van der Waals surface area contributed by atoms with Gasteiger partial charge in [0, 0.05) is 23.5 Å². The van der Waals surface area contributed by atoms with E-state index < -0.39 is 5.41 Å². The summed E-state index contributed by atoms with van der Waals surface area (Å²) in [6.07, 6.45) is 0. The summed E-state index contributed by atoms with van der Waals surface area (Å²) in [5, 5.41) is 19.2. The lowest BCUT2D eigenvalue weighted by molar-refractivity contribution is 0.0402. The molecule has 0 aromatic heterocycles. The number of hydrogen-bond acceptors (Lipinski definition) is 3. The standard InChI is InChI=1S/C13H20ClNO2/c1-13(9-16,10-17)8-15(2)7-11-3-5-12(14)6-4-11/h3-6,16-17H,7-10H2,1-2H3. The van der Waals surface area contributed by atoms with Gasteiger partial charge in [-0.15, -0.1) is 0 Å². The zero-order valence-electron chi connectivity index (χ0n) is 10.4. The Morgan fingerprint density at radius 3 is 2.18 bits per heavy atom. The molecule has 96 valence electrons. The summed E-state index contributed by atoms with van der Waals surface area (Å²) in [6, 6.07) is 7.69. The average molecular weight is 258 g/mol. The van der Waals surface area contributed by atoms with E-state index in [0.29, 0.717) is 6.54 Å². The van der Waals surface area contributed by atoms with Crippen molar-refractivity contribution in [3.8, 4) is 0 Å². The lowest BCUT2D eigenvalue weighted by Gasteiger charge is -2.30. The van der Waals surface area contributed by atoms with Gasteiger partial charge in [0.15, 0.2) is 0 Å². The topological polar surface area (TPSA) is 43.7 Å². The first-order chi connectivity index (χ1) is 7.99. The second-order valence-electron chi connectivity index (χ2n) is 4.93. The molecule has 0 saturated carbocycles. The minimum Gasteiger partial charge on any atom is -0.396 e. The first-order valence-electron chi connectivity index (χ1n) is 5.64. The molecule has 0 aliphatic rings. The van der Waals surface area contributed by atoms with Crippen LogP contribution in [-0.2, 0) is 6.54 Å². The molecule has 0 atom stereocenters. The summed E-state index contributed by atoms with van der Waals surface area (Å²) in [7, 11) is 1.97. The maximum atomic E-state index is 9.23. The third-order valence-corrected chi connectivity index (χ3v) is 3.03. The molecule has 1 aromatic carbocycles. The van der Waals surface area contributed by atoms with Gasteiger partial charge in [0.1, 0.15) is 0 Å². The highest BCUT2D eigenvalue weighted by molar-refractivity contribution is 6.30. The maximum Gasteiger partial charge on any atom is 0.0519 e. The molecule has 0 unspecified atom stereocenters. The Morgan fingerprint density at radius 2 is 1.71 bits per heavy atom. The van der Waals surface area contributed by atoms with Crippen molar-refractivity contribution >= 4 is 11.6 Å². The second-order valence-corrected chi connectivity index (χ2v) is 5.36. The average Bonchev–Trinajstić information content (AvgIpc) is 2.32. The minimum absolute atomic E-state index is 0.0194. The van der Waals surface area contributed by atoms with Crippen molar-refractivity contribution in [2.75, 3.05) is 26.8 Å². The summed E-state index contributed by atoms with van der Waals surface area (Å²) in [6.45, 7) is 3.24. The van der Waals surface area contributed by atoms with Crippen molar-refractivity contribution in [1.29, 1.82) is 0 Å². The Labute approximate surface area is 108 Å². The summed E-state index contributed by atoms with van der Waals surface area (Å²) in [4.78, 5) is 2.08. The van der Waals surface area contributed by atoms with Crippen LogP contribution in [0, 0.1) is 5.41 Å². The van der Waals surface area contributed by atoms with Crippen LogP contribution in [0.1, 0.15) is 12.5 Å². The van der Waals surface area contributed by atoms with Crippen molar-refractivity contribution in [2.24, 2.45) is 5.41 Å². The molecule has 3 nitrogen and oxygen atoms in total. The molecule has 4 heteroatoms. The quantitative estimate of drug-likeness (QED) is 0.816. The van der Waals surface area contributed by atoms with E-state index in [4.69, 9.17) is 11.6 Å². The van der Waals surface area contributed by atoms with E-state index in [-0.39, 0.29) is 13.2 Å². The molecule has 0 saturated heterocycles. The lowest BCUT2D eigenvalue weighted by atomic mass is 9.92. The van der Waals surface area contributed by atoms with E-state index in [9.17, 15) is 10.2 Å². The third-order valence-electron chi connectivity index (χ3n) is 2.78. The smallest absolute Gasteiger partial charge is 0.0519 e. The highest BCUT2D eigenvalue weighted by atomic mass is 35.5. The van der Waals surface area contributed by atoms with Crippen molar-refractivity contribution in [3.63, 3.8) is 0 Å². The van der Waals surface area contributed by atoms with Gasteiger partial charge in [0.2, 0.25) is 0 Å². The van der Waals surface area contributed by atoms with Crippen molar-refractivity contribution in [1.82, 2.24) is 4.90 Å². The van der Waals surface area contributed by atoms with Gasteiger partial charge >= 0.3 is 0 Å². The maximum absolute atomic E-state index is 9.23.